The number of rotatable bonds is 4. The van der Waals surface area contributed by atoms with Gasteiger partial charge < -0.3 is 9.15 Å². The average molecular weight is 421 g/mol. The highest BCUT2D eigenvalue weighted by Gasteiger charge is 2.33. The molecule has 8 heteroatoms. The largest absolute Gasteiger partial charge is 0.457 e. The summed E-state index contributed by atoms with van der Waals surface area (Å²) in [5.41, 5.74) is 0.891. The van der Waals surface area contributed by atoms with Crippen LogP contribution in [0.25, 0.3) is 17.4 Å². The van der Waals surface area contributed by atoms with Gasteiger partial charge in [-0.3, -0.25) is 14.6 Å². The first-order valence-electron chi connectivity index (χ1n) is 8.51. The highest BCUT2D eigenvalue weighted by Crippen LogP contribution is 2.34. The number of nitrogens with zero attached hydrogens (tertiary/aromatic N) is 2. The third-order valence-corrected chi connectivity index (χ3v) is 5.94. The highest BCUT2D eigenvalue weighted by molar-refractivity contribution is 8.26. The van der Waals surface area contributed by atoms with Crippen LogP contribution in [-0.2, 0) is 9.53 Å². The van der Waals surface area contributed by atoms with Crippen molar-refractivity contribution in [1.82, 2.24) is 9.80 Å². The molecular formula is C19H17ClN2O3S2. The number of benzene rings is 1. The van der Waals surface area contributed by atoms with Crippen molar-refractivity contribution < 1.29 is 13.9 Å². The number of carbonyl (C=O) groups is 1. The topological polar surface area (TPSA) is 45.9 Å². The van der Waals surface area contributed by atoms with Crippen molar-refractivity contribution in [2.75, 3.05) is 33.0 Å². The zero-order valence-electron chi connectivity index (χ0n) is 14.4. The van der Waals surface area contributed by atoms with E-state index in [9.17, 15) is 4.79 Å². The van der Waals surface area contributed by atoms with Crippen LogP contribution in [0.4, 0.5) is 0 Å². The van der Waals surface area contributed by atoms with Crippen molar-refractivity contribution in [2.24, 2.45) is 0 Å². The van der Waals surface area contributed by atoms with E-state index < -0.39 is 0 Å². The van der Waals surface area contributed by atoms with Gasteiger partial charge in [0.15, 0.2) is 0 Å². The molecule has 4 rings (SSSR count). The molecule has 2 aromatic rings. The lowest BCUT2D eigenvalue weighted by molar-refractivity contribution is -0.124. The molecule has 2 saturated heterocycles. The van der Waals surface area contributed by atoms with E-state index in [2.05, 4.69) is 4.90 Å². The van der Waals surface area contributed by atoms with Crippen LogP contribution in [0.3, 0.4) is 0 Å². The van der Waals surface area contributed by atoms with Crippen molar-refractivity contribution in [3.8, 4) is 11.3 Å². The Kier molecular flexibility index (Phi) is 5.66. The minimum absolute atomic E-state index is 0.0859. The Labute approximate surface area is 171 Å². The summed E-state index contributed by atoms with van der Waals surface area (Å²) in [6.07, 6.45) is 1.74. The molecule has 2 aliphatic heterocycles. The molecule has 0 radical (unpaired) electrons. The summed E-state index contributed by atoms with van der Waals surface area (Å²) in [5.74, 6) is 1.22. The van der Waals surface area contributed by atoms with Crippen molar-refractivity contribution >= 4 is 51.9 Å². The van der Waals surface area contributed by atoms with E-state index in [-0.39, 0.29) is 5.91 Å². The second-order valence-electron chi connectivity index (χ2n) is 6.19. The van der Waals surface area contributed by atoms with Gasteiger partial charge in [-0.05, 0) is 24.3 Å². The fourth-order valence-electron chi connectivity index (χ4n) is 2.92. The second-order valence-corrected chi connectivity index (χ2v) is 8.31. The monoisotopic (exact) mass is 420 g/mol. The lowest BCUT2D eigenvalue weighted by Crippen LogP contribution is -2.45. The molecule has 0 bridgehead atoms. The van der Waals surface area contributed by atoms with E-state index in [4.69, 9.17) is 33.0 Å². The van der Waals surface area contributed by atoms with Crippen molar-refractivity contribution in [3.05, 3.63) is 52.1 Å². The molecule has 5 nitrogen and oxygen atoms in total. The molecule has 0 aliphatic carbocycles. The molecule has 1 aromatic carbocycles. The van der Waals surface area contributed by atoms with Crippen LogP contribution in [0.1, 0.15) is 5.76 Å². The first-order chi connectivity index (χ1) is 13.1. The molecule has 0 saturated carbocycles. The molecule has 0 N–H and O–H groups in total. The molecule has 1 aromatic heterocycles. The van der Waals surface area contributed by atoms with Gasteiger partial charge in [0.2, 0.25) is 0 Å². The summed E-state index contributed by atoms with van der Waals surface area (Å²) in [4.78, 5) is 17.1. The number of halogens is 1. The van der Waals surface area contributed by atoms with Gasteiger partial charge in [-0.15, -0.1) is 0 Å². The second kappa shape index (κ2) is 8.16. The number of hydrogen-bond donors (Lipinski definition) is 0. The van der Waals surface area contributed by atoms with Crippen LogP contribution in [0.5, 0.6) is 0 Å². The van der Waals surface area contributed by atoms with Crippen LogP contribution in [0.15, 0.2) is 45.7 Å². The summed E-state index contributed by atoms with van der Waals surface area (Å²) in [6.45, 7) is 3.47. The van der Waals surface area contributed by atoms with Crippen molar-refractivity contribution in [3.63, 3.8) is 0 Å². The maximum Gasteiger partial charge on any atom is 0.267 e. The Morgan fingerprint density at radius 1 is 1.22 bits per heavy atom. The van der Waals surface area contributed by atoms with Crippen molar-refractivity contribution in [1.29, 1.82) is 0 Å². The van der Waals surface area contributed by atoms with Gasteiger partial charge in [-0.1, -0.05) is 47.7 Å². The number of carbonyl (C=O) groups excluding carboxylic acids is 1. The number of thioether (sulfide) groups is 1. The number of furan rings is 1. The van der Waals surface area contributed by atoms with E-state index >= 15 is 0 Å². The third kappa shape index (κ3) is 4.28. The van der Waals surface area contributed by atoms with Gasteiger partial charge >= 0.3 is 0 Å². The van der Waals surface area contributed by atoms with Crippen LogP contribution in [-0.4, -0.2) is 53.0 Å². The number of amides is 1. The van der Waals surface area contributed by atoms with Crippen LogP contribution >= 0.6 is 35.6 Å². The van der Waals surface area contributed by atoms with Gasteiger partial charge in [0.25, 0.3) is 5.91 Å². The van der Waals surface area contributed by atoms with Gasteiger partial charge in [-0.25, -0.2) is 0 Å². The first-order valence-corrected chi connectivity index (χ1v) is 10.1. The quantitative estimate of drug-likeness (QED) is 0.548. The maximum atomic E-state index is 12.7. The van der Waals surface area contributed by atoms with E-state index in [1.807, 2.05) is 36.4 Å². The number of thiocarbonyl (C=S) groups is 1. The molecule has 2 aliphatic rings. The first kappa shape index (κ1) is 18.7. The Bertz CT molecular complexity index is 906. The molecule has 2 fully saturated rings. The normalized spacial score (nSPS) is 20.0. The van der Waals surface area contributed by atoms with Gasteiger partial charge in [-0.2, -0.15) is 0 Å². The Morgan fingerprint density at radius 3 is 2.81 bits per heavy atom. The molecular weight excluding hydrogens is 404 g/mol. The molecule has 3 heterocycles. The summed E-state index contributed by atoms with van der Waals surface area (Å²) in [7, 11) is 0. The minimum atomic E-state index is -0.0859. The smallest absolute Gasteiger partial charge is 0.267 e. The molecule has 140 valence electrons. The fraction of sp³-hybridized carbons (Fsp3) is 0.263. The van der Waals surface area contributed by atoms with E-state index in [1.54, 1.807) is 11.0 Å². The Hall–Kier alpha value is -1.64. The zero-order chi connectivity index (χ0) is 18.8. The predicted molar refractivity (Wildman–Crippen MR) is 111 cm³/mol. The Morgan fingerprint density at radius 2 is 2.04 bits per heavy atom. The number of hydrogen-bond acceptors (Lipinski definition) is 6. The van der Waals surface area contributed by atoms with E-state index in [1.165, 1.54) is 11.8 Å². The van der Waals surface area contributed by atoms with Gasteiger partial charge in [0.05, 0.1) is 24.8 Å². The SMILES string of the molecule is O=C1/C(=C\c2ccc(-c3cccc(Cl)c3)o2)SC(=S)N1CN1CCOCC1. The maximum absolute atomic E-state index is 12.7. The molecule has 27 heavy (non-hydrogen) atoms. The average Bonchev–Trinajstić information content (AvgIpc) is 3.23. The van der Waals surface area contributed by atoms with E-state index in [0.717, 1.165) is 18.7 Å². The van der Waals surface area contributed by atoms with Gasteiger partial charge in [0.1, 0.15) is 15.8 Å². The molecule has 0 atom stereocenters. The lowest BCUT2D eigenvalue weighted by atomic mass is 10.2. The number of morpholine rings is 1. The summed E-state index contributed by atoms with van der Waals surface area (Å²) in [6, 6.07) is 11.2. The third-order valence-electron chi connectivity index (χ3n) is 4.33. The molecule has 0 spiro atoms. The standard InChI is InChI=1S/C19H17ClN2O3S2/c20-14-3-1-2-13(10-14)16-5-4-15(25-16)11-17-18(23)22(19(26)27-17)12-21-6-8-24-9-7-21/h1-5,10-11H,6-9,12H2/b17-11+. The van der Waals surface area contributed by atoms with Crippen LogP contribution < -0.4 is 0 Å². The van der Waals surface area contributed by atoms with E-state index in [0.29, 0.717) is 45.7 Å². The molecule has 0 unspecified atom stereocenters. The van der Waals surface area contributed by atoms with Crippen molar-refractivity contribution in [2.45, 2.75) is 0 Å². The summed E-state index contributed by atoms with van der Waals surface area (Å²) >= 11 is 12.7. The highest BCUT2D eigenvalue weighted by atomic mass is 35.5. The number of ether oxygens (including phenoxy) is 1. The fourth-order valence-corrected chi connectivity index (χ4v) is 4.33. The molecule has 1 amide bonds. The van der Waals surface area contributed by atoms with Gasteiger partial charge in [0, 0.05) is 29.8 Å². The zero-order valence-corrected chi connectivity index (χ0v) is 16.8. The summed E-state index contributed by atoms with van der Waals surface area (Å²) < 4.78 is 11.8. The van der Waals surface area contributed by atoms with Crippen LogP contribution in [0.2, 0.25) is 5.02 Å². The lowest BCUT2D eigenvalue weighted by Gasteiger charge is -2.29. The predicted octanol–water partition coefficient (Wildman–Crippen LogP) is 4.09. The summed E-state index contributed by atoms with van der Waals surface area (Å²) in [5, 5.41) is 0.648. The Balaban J connectivity index is 1.49. The minimum Gasteiger partial charge on any atom is -0.457 e. The van der Waals surface area contributed by atoms with Crippen LogP contribution in [0, 0.1) is 0 Å².